The van der Waals surface area contributed by atoms with Crippen molar-refractivity contribution in [3.63, 3.8) is 0 Å². The summed E-state index contributed by atoms with van der Waals surface area (Å²) >= 11 is 0. The van der Waals surface area contributed by atoms with Gasteiger partial charge in [0.15, 0.2) is 5.78 Å². The summed E-state index contributed by atoms with van der Waals surface area (Å²) in [5.74, 6) is -0.452. The fourth-order valence-corrected chi connectivity index (χ4v) is 3.43. The molecule has 0 saturated heterocycles. The third-order valence-corrected chi connectivity index (χ3v) is 5.01. The van der Waals surface area contributed by atoms with E-state index in [1.807, 2.05) is 36.4 Å². The Morgan fingerprint density at radius 2 is 1.61 bits per heavy atom. The molecule has 31 heavy (non-hydrogen) atoms. The van der Waals surface area contributed by atoms with Gasteiger partial charge in [0, 0.05) is 11.6 Å². The highest BCUT2D eigenvalue weighted by molar-refractivity contribution is 6.11. The zero-order valence-corrected chi connectivity index (χ0v) is 16.7. The van der Waals surface area contributed by atoms with Crippen LogP contribution in [0, 0.1) is 5.82 Å². The molecule has 3 aromatic carbocycles. The summed E-state index contributed by atoms with van der Waals surface area (Å²) in [5, 5.41) is 0. The van der Waals surface area contributed by atoms with E-state index in [0.29, 0.717) is 11.4 Å². The maximum Gasteiger partial charge on any atom is 0.256 e. The van der Waals surface area contributed by atoms with Crippen molar-refractivity contribution in [3.05, 3.63) is 112 Å². The van der Waals surface area contributed by atoms with E-state index < -0.39 is 17.2 Å². The van der Waals surface area contributed by atoms with Crippen molar-refractivity contribution < 1.29 is 13.9 Å². The minimum Gasteiger partial charge on any atom is -0.495 e. The molecule has 6 heteroatoms. The summed E-state index contributed by atoms with van der Waals surface area (Å²) in [5.41, 5.74) is 8.54. The van der Waals surface area contributed by atoms with E-state index in [9.17, 15) is 14.0 Å². The second-order valence-electron chi connectivity index (χ2n) is 6.89. The number of carbonyl (C=O) groups excluding carboxylic acids is 1. The standard InChI is InChI=1S/C25H19FN2O3/c1-31-22-13-9-18(16-5-3-2-4-6-16)15-21(22)28-23(29)14-12-20(25(28)27)24(30)17-7-10-19(26)11-8-17/h2-15H,27H2,1H3. The second kappa shape index (κ2) is 8.28. The number of benzene rings is 3. The first-order chi connectivity index (χ1) is 15.0. The maximum absolute atomic E-state index is 13.2. The number of hydrogen-bond acceptors (Lipinski definition) is 4. The van der Waals surface area contributed by atoms with Crippen molar-refractivity contribution in [2.24, 2.45) is 0 Å². The van der Waals surface area contributed by atoms with Crippen molar-refractivity contribution in [2.75, 3.05) is 12.8 Å². The van der Waals surface area contributed by atoms with Gasteiger partial charge >= 0.3 is 0 Å². The Kier molecular flexibility index (Phi) is 5.37. The SMILES string of the molecule is COc1ccc(-c2ccccc2)cc1-n1c(N)c(C(=O)c2ccc(F)cc2)ccc1=O. The molecule has 0 saturated carbocycles. The van der Waals surface area contributed by atoms with Crippen LogP contribution in [-0.4, -0.2) is 17.5 Å². The van der Waals surface area contributed by atoms with Crippen LogP contribution in [0.4, 0.5) is 10.2 Å². The number of carbonyl (C=O) groups is 1. The zero-order valence-electron chi connectivity index (χ0n) is 16.7. The first-order valence-electron chi connectivity index (χ1n) is 9.55. The number of halogens is 1. The number of nitrogens with two attached hydrogens (primary N) is 1. The molecule has 5 nitrogen and oxygen atoms in total. The van der Waals surface area contributed by atoms with Gasteiger partial charge in [-0.15, -0.1) is 0 Å². The second-order valence-corrected chi connectivity index (χ2v) is 6.89. The van der Waals surface area contributed by atoms with Crippen molar-refractivity contribution in [3.8, 4) is 22.6 Å². The first kappa shape index (κ1) is 20.1. The summed E-state index contributed by atoms with van der Waals surface area (Å²) < 4.78 is 19.9. The van der Waals surface area contributed by atoms with E-state index in [0.717, 1.165) is 11.1 Å². The number of ketones is 1. The Hall–Kier alpha value is -4.19. The van der Waals surface area contributed by atoms with Crippen molar-refractivity contribution in [2.45, 2.75) is 0 Å². The Bertz CT molecular complexity index is 1310. The fourth-order valence-electron chi connectivity index (χ4n) is 3.43. The van der Waals surface area contributed by atoms with Crippen molar-refractivity contribution in [1.82, 2.24) is 4.57 Å². The first-order valence-corrected chi connectivity index (χ1v) is 9.55. The van der Waals surface area contributed by atoms with Crippen LogP contribution in [0.3, 0.4) is 0 Å². The maximum atomic E-state index is 13.2. The Morgan fingerprint density at radius 1 is 0.903 bits per heavy atom. The molecule has 0 amide bonds. The minimum absolute atomic E-state index is 0.0228. The van der Waals surface area contributed by atoms with E-state index in [2.05, 4.69) is 0 Å². The van der Waals surface area contributed by atoms with Gasteiger partial charge in [0.1, 0.15) is 17.4 Å². The number of rotatable bonds is 5. The van der Waals surface area contributed by atoms with E-state index >= 15 is 0 Å². The Morgan fingerprint density at radius 3 is 2.29 bits per heavy atom. The number of anilines is 1. The lowest BCUT2D eigenvalue weighted by Crippen LogP contribution is -2.24. The average molecular weight is 414 g/mol. The average Bonchev–Trinajstić information content (AvgIpc) is 2.80. The molecule has 0 spiro atoms. The molecule has 1 heterocycles. The molecule has 154 valence electrons. The molecule has 1 aromatic heterocycles. The van der Waals surface area contributed by atoms with Gasteiger partial charge in [-0.1, -0.05) is 36.4 Å². The number of nitrogen functional groups attached to an aromatic ring is 1. The normalized spacial score (nSPS) is 10.6. The minimum atomic E-state index is -0.447. The summed E-state index contributed by atoms with van der Waals surface area (Å²) in [6.07, 6.45) is 0. The highest BCUT2D eigenvalue weighted by atomic mass is 19.1. The number of ether oxygens (including phenoxy) is 1. The molecule has 0 aliphatic rings. The highest BCUT2D eigenvalue weighted by Gasteiger charge is 2.19. The quantitative estimate of drug-likeness (QED) is 0.489. The van der Waals surface area contributed by atoms with Gasteiger partial charge in [-0.05, 0) is 53.6 Å². The fraction of sp³-hybridized carbons (Fsp3) is 0.0400. The summed E-state index contributed by atoms with van der Waals surface area (Å²) in [6, 6.07) is 22.9. The Balaban J connectivity index is 1.88. The molecule has 0 atom stereocenters. The van der Waals surface area contributed by atoms with Crippen LogP contribution in [0.25, 0.3) is 16.8 Å². The van der Waals surface area contributed by atoms with Gasteiger partial charge in [0.2, 0.25) is 0 Å². The third kappa shape index (κ3) is 3.83. The van der Waals surface area contributed by atoms with Crippen LogP contribution in [-0.2, 0) is 0 Å². The number of nitrogens with zero attached hydrogens (tertiary/aromatic N) is 1. The van der Waals surface area contributed by atoms with E-state index in [4.69, 9.17) is 10.5 Å². The lowest BCUT2D eigenvalue weighted by molar-refractivity contribution is 0.103. The van der Waals surface area contributed by atoms with Crippen LogP contribution in [0.15, 0.2) is 89.7 Å². The monoisotopic (exact) mass is 414 g/mol. The van der Waals surface area contributed by atoms with Gasteiger partial charge in [-0.25, -0.2) is 4.39 Å². The summed E-state index contributed by atoms with van der Waals surface area (Å²) in [4.78, 5) is 25.7. The largest absolute Gasteiger partial charge is 0.495 e. The van der Waals surface area contributed by atoms with E-state index in [-0.39, 0.29) is 16.9 Å². The van der Waals surface area contributed by atoms with Crippen LogP contribution in [0.2, 0.25) is 0 Å². The van der Waals surface area contributed by atoms with Gasteiger partial charge in [0.25, 0.3) is 5.56 Å². The lowest BCUT2D eigenvalue weighted by Gasteiger charge is -2.17. The van der Waals surface area contributed by atoms with Crippen LogP contribution in [0.5, 0.6) is 5.75 Å². The molecule has 0 fully saturated rings. The van der Waals surface area contributed by atoms with Gasteiger partial charge < -0.3 is 10.5 Å². The smallest absolute Gasteiger partial charge is 0.256 e. The molecule has 0 radical (unpaired) electrons. The van der Waals surface area contributed by atoms with Gasteiger partial charge in [0.05, 0.1) is 18.4 Å². The highest BCUT2D eigenvalue weighted by Crippen LogP contribution is 2.31. The molecule has 4 rings (SSSR count). The topological polar surface area (TPSA) is 74.3 Å². The van der Waals surface area contributed by atoms with Crippen molar-refractivity contribution >= 4 is 11.6 Å². The molecule has 2 N–H and O–H groups in total. The molecular formula is C25H19FN2O3. The lowest BCUT2D eigenvalue weighted by atomic mass is 10.0. The van der Waals surface area contributed by atoms with Crippen LogP contribution < -0.4 is 16.0 Å². The number of methoxy groups -OCH3 is 1. The van der Waals surface area contributed by atoms with Crippen LogP contribution in [0.1, 0.15) is 15.9 Å². The zero-order chi connectivity index (χ0) is 22.0. The predicted octanol–water partition coefficient (Wildman–Crippen LogP) is 4.47. The molecule has 0 aliphatic carbocycles. The molecule has 0 unspecified atom stereocenters. The van der Waals surface area contributed by atoms with E-state index in [1.54, 1.807) is 12.1 Å². The molecule has 0 bridgehead atoms. The summed E-state index contributed by atoms with van der Waals surface area (Å²) in [6.45, 7) is 0. The van der Waals surface area contributed by atoms with Gasteiger partial charge in [-0.2, -0.15) is 0 Å². The van der Waals surface area contributed by atoms with Gasteiger partial charge in [-0.3, -0.25) is 14.2 Å². The predicted molar refractivity (Wildman–Crippen MR) is 118 cm³/mol. The molecular weight excluding hydrogens is 395 g/mol. The summed E-state index contributed by atoms with van der Waals surface area (Å²) in [7, 11) is 1.50. The number of aromatic nitrogens is 1. The third-order valence-electron chi connectivity index (χ3n) is 5.01. The molecule has 4 aromatic rings. The van der Waals surface area contributed by atoms with Crippen molar-refractivity contribution in [1.29, 1.82) is 0 Å². The van der Waals surface area contributed by atoms with Crippen LogP contribution >= 0.6 is 0 Å². The van der Waals surface area contributed by atoms with E-state index in [1.165, 1.54) is 48.1 Å². The molecule has 0 aliphatic heterocycles. The number of hydrogen-bond donors (Lipinski definition) is 1. The Labute approximate surface area is 178 Å². The number of pyridine rings is 1.